The topological polar surface area (TPSA) is 26.0 Å². The zero-order valence-corrected chi connectivity index (χ0v) is 11.3. The van der Waals surface area contributed by atoms with Crippen LogP contribution in [0.3, 0.4) is 0 Å². The molecule has 0 fully saturated rings. The van der Waals surface area contributed by atoms with Gasteiger partial charge in [0.25, 0.3) is 0 Å². The average Bonchev–Trinajstić information content (AvgIpc) is 2.76. The summed E-state index contributed by atoms with van der Waals surface area (Å²) in [6.07, 6.45) is 5.63. The molecule has 1 heterocycles. The first kappa shape index (κ1) is 12.6. The zero-order chi connectivity index (χ0) is 12.3. The summed E-state index contributed by atoms with van der Waals surface area (Å²) in [6.45, 7) is 0. The van der Waals surface area contributed by atoms with Gasteiger partial charge in [0, 0.05) is 16.1 Å². The van der Waals surface area contributed by atoms with E-state index < -0.39 is 0 Å². The molecule has 1 aromatic carbocycles. The van der Waals surface area contributed by atoms with Gasteiger partial charge >= 0.3 is 0 Å². The monoisotopic (exact) mass is 285 g/mol. The van der Waals surface area contributed by atoms with Crippen molar-refractivity contribution in [3.8, 4) is 0 Å². The molecule has 0 amide bonds. The van der Waals surface area contributed by atoms with E-state index in [4.69, 9.17) is 27.7 Å². The van der Waals surface area contributed by atoms with Crippen LogP contribution in [0.5, 0.6) is 0 Å². The highest BCUT2D eigenvalue weighted by Crippen LogP contribution is 2.23. The van der Waals surface area contributed by atoms with E-state index in [2.05, 4.69) is 5.16 Å². The Balaban J connectivity index is 2.19. The average molecular weight is 286 g/mol. The third kappa shape index (κ3) is 3.28. The minimum atomic E-state index is 0.610. The summed E-state index contributed by atoms with van der Waals surface area (Å²) in [5.41, 5.74) is 0.887. The smallest absolute Gasteiger partial charge is 0.160 e. The summed E-state index contributed by atoms with van der Waals surface area (Å²) in [4.78, 5) is 0. The number of nitrogens with zero attached hydrogens (tertiary/aromatic N) is 1. The van der Waals surface area contributed by atoms with E-state index in [1.54, 1.807) is 12.1 Å². The van der Waals surface area contributed by atoms with Crippen molar-refractivity contribution in [3.63, 3.8) is 0 Å². The minimum absolute atomic E-state index is 0.610. The molecule has 0 aliphatic carbocycles. The molecule has 88 valence electrons. The van der Waals surface area contributed by atoms with Gasteiger partial charge in [-0.1, -0.05) is 34.4 Å². The number of rotatable bonds is 3. The maximum Gasteiger partial charge on any atom is 0.160 e. The fourth-order valence-electron chi connectivity index (χ4n) is 1.26. The Morgan fingerprint density at radius 2 is 2.06 bits per heavy atom. The van der Waals surface area contributed by atoms with Gasteiger partial charge < -0.3 is 4.52 Å². The van der Waals surface area contributed by atoms with Crippen molar-refractivity contribution < 1.29 is 4.52 Å². The number of thioether (sulfide) groups is 1. The quantitative estimate of drug-likeness (QED) is 0.752. The SMILES string of the molecule is CSc1cc(/C=C/c2ccc(Cl)cc2Cl)on1. The maximum atomic E-state index is 6.04. The van der Waals surface area contributed by atoms with Crippen molar-refractivity contribution in [2.75, 3.05) is 6.26 Å². The summed E-state index contributed by atoms with van der Waals surface area (Å²) in [5, 5.41) is 5.95. The third-order valence-corrected chi connectivity index (χ3v) is 3.28. The Kier molecular flexibility index (Phi) is 4.15. The van der Waals surface area contributed by atoms with Crippen LogP contribution in [0.4, 0.5) is 0 Å². The molecule has 2 rings (SSSR count). The van der Waals surface area contributed by atoms with Crippen LogP contribution in [0.2, 0.25) is 10.0 Å². The Morgan fingerprint density at radius 1 is 1.24 bits per heavy atom. The van der Waals surface area contributed by atoms with E-state index >= 15 is 0 Å². The molecule has 0 N–H and O–H groups in total. The molecule has 0 saturated carbocycles. The number of halogens is 2. The molecule has 0 saturated heterocycles. The lowest BCUT2D eigenvalue weighted by molar-refractivity contribution is 0.398. The van der Waals surface area contributed by atoms with Crippen LogP contribution in [0, 0.1) is 0 Å². The Bertz CT molecular complexity index is 551. The second-order valence-electron chi connectivity index (χ2n) is 3.27. The van der Waals surface area contributed by atoms with E-state index in [0.717, 1.165) is 10.6 Å². The first-order chi connectivity index (χ1) is 8.19. The lowest BCUT2D eigenvalue weighted by atomic mass is 10.2. The molecule has 0 unspecified atom stereocenters. The predicted molar refractivity (Wildman–Crippen MR) is 73.7 cm³/mol. The maximum absolute atomic E-state index is 6.04. The van der Waals surface area contributed by atoms with Gasteiger partial charge in [0.2, 0.25) is 0 Å². The van der Waals surface area contributed by atoms with Crippen molar-refractivity contribution in [3.05, 3.63) is 45.6 Å². The largest absolute Gasteiger partial charge is 0.356 e. The van der Waals surface area contributed by atoms with Gasteiger partial charge in [-0.3, -0.25) is 0 Å². The molecule has 0 radical (unpaired) electrons. The van der Waals surface area contributed by atoms with E-state index in [0.29, 0.717) is 15.8 Å². The van der Waals surface area contributed by atoms with Gasteiger partial charge in [0.15, 0.2) is 5.76 Å². The molecule has 0 aliphatic heterocycles. The highest BCUT2D eigenvalue weighted by atomic mass is 35.5. The molecule has 0 bridgehead atoms. The fraction of sp³-hybridized carbons (Fsp3) is 0.0833. The van der Waals surface area contributed by atoms with Gasteiger partial charge in [-0.2, -0.15) is 0 Å². The summed E-state index contributed by atoms with van der Waals surface area (Å²) in [6, 6.07) is 7.22. The van der Waals surface area contributed by atoms with Crippen LogP contribution in [-0.4, -0.2) is 11.4 Å². The Morgan fingerprint density at radius 3 is 2.71 bits per heavy atom. The van der Waals surface area contributed by atoms with Gasteiger partial charge in [-0.05, 0) is 36.1 Å². The lowest BCUT2D eigenvalue weighted by Crippen LogP contribution is -1.74. The Labute approximate surface area is 114 Å². The Hall–Kier alpha value is -0.900. The first-order valence-corrected chi connectivity index (χ1v) is 6.81. The third-order valence-electron chi connectivity index (χ3n) is 2.11. The van der Waals surface area contributed by atoms with Gasteiger partial charge in [0.1, 0.15) is 5.03 Å². The van der Waals surface area contributed by atoms with Crippen LogP contribution < -0.4 is 0 Å². The summed E-state index contributed by atoms with van der Waals surface area (Å²) in [7, 11) is 0. The zero-order valence-electron chi connectivity index (χ0n) is 8.98. The van der Waals surface area contributed by atoms with Crippen molar-refractivity contribution in [2.45, 2.75) is 5.03 Å². The van der Waals surface area contributed by atoms with E-state index in [9.17, 15) is 0 Å². The van der Waals surface area contributed by atoms with E-state index in [1.807, 2.05) is 30.5 Å². The fourth-order valence-corrected chi connectivity index (χ4v) is 2.07. The van der Waals surface area contributed by atoms with Crippen molar-refractivity contribution >= 4 is 47.1 Å². The summed E-state index contributed by atoms with van der Waals surface area (Å²) >= 11 is 13.4. The van der Waals surface area contributed by atoms with E-state index in [1.165, 1.54) is 11.8 Å². The molecule has 17 heavy (non-hydrogen) atoms. The van der Waals surface area contributed by atoms with Crippen LogP contribution >= 0.6 is 35.0 Å². The highest BCUT2D eigenvalue weighted by Gasteiger charge is 2.00. The number of hydrogen-bond acceptors (Lipinski definition) is 3. The molecular formula is C12H9Cl2NOS. The molecule has 1 aromatic heterocycles. The molecular weight excluding hydrogens is 277 g/mol. The second-order valence-corrected chi connectivity index (χ2v) is 4.94. The minimum Gasteiger partial charge on any atom is -0.356 e. The molecule has 0 spiro atoms. The van der Waals surface area contributed by atoms with Crippen LogP contribution in [-0.2, 0) is 0 Å². The predicted octanol–water partition coefficient (Wildman–Crippen LogP) is 4.87. The lowest BCUT2D eigenvalue weighted by Gasteiger charge is -1.97. The van der Waals surface area contributed by atoms with Crippen molar-refractivity contribution in [1.29, 1.82) is 0 Å². The van der Waals surface area contributed by atoms with Gasteiger partial charge in [-0.15, -0.1) is 11.8 Å². The molecule has 2 nitrogen and oxygen atoms in total. The van der Waals surface area contributed by atoms with Crippen molar-refractivity contribution in [2.24, 2.45) is 0 Å². The first-order valence-electron chi connectivity index (χ1n) is 4.83. The number of aromatic nitrogens is 1. The van der Waals surface area contributed by atoms with E-state index in [-0.39, 0.29) is 0 Å². The summed E-state index contributed by atoms with van der Waals surface area (Å²) < 4.78 is 5.11. The standard InChI is InChI=1S/C12H9Cl2NOS/c1-17-12-7-10(16-15-12)5-3-8-2-4-9(13)6-11(8)14/h2-7H,1H3/b5-3+. The van der Waals surface area contributed by atoms with Gasteiger partial charge in [0.05, 0.1) is 0 Å². The summed E-state index contributed by atoms with van der Waals surface area (Å²) in [5.74, 6) is 0.695. The number of benzene rings is 1. The van der Waals surface area contributed by atoms with Crippen LogP contribution in [0.1, 0.15) is 11.3 Å². The second kappa shape index (κ2) is 5.63. The van der Waals surface area contributed by atoms with Crippen LogP contribution in [0.15, 0.2) is 33.8 Å². The highest BCUT2D eigenvalue weighted by molar-refractivity contribution is 7.98. The molecule has 0 aliphatic rings. The number of hydrogen-bond donors (Lipinski definition) is 0. The normalized spacial score (nSPS) is 11.2. The molecule has 5 heteroatoms. The van der Waals surface area contributed by atoms with Crippen LogP contribution in [0.25, 0.3) is 12.2 Å². The molecule has 0 atom stereocenters. The molecule has 2 aromatic rings. The van der Waals surface area contributed by atoms with Gasteiger partial charge in [-0.25, -0.2) is 0 Å². The van der Waals surface area contributed by atoms with Crippen molar-refractivity contribution in [1.82, 2.24) is 5.16 Å².